The van der Waals surface area contributed by atoms with Crippen molar-refractivity contribution < 1.29 is 19.6 Å². The van der Waals surface area contributed by atoms with Crippen LogP contribution in [0.2, 0.25) is 0 Å². The Kier molecular flexibility index (Phi) is 8.86. The highest BCUT2D eigenvalue weighted by Crippen LogP contribution is 2.27. The van der Waals surface area contributed by atoms with E-state index in [9.17, 15) is 14.4 Å². The Labute approximate surface area is 184 Å². The molecule has 2 rings (SSSR count). The first kappa shape index (κ1) is 24.7. The van der Waals surface area contributed by atoms with Crippen molar-refractivity contribution in [2.45, 2.75) is 65.8 Å². The first-order valence-electron chi connectivity index (χ1n) is 11.0. The number of anilines is 1. The molecule has 8 nitrogen and oxygen atoms in total. The van der Waals surface area contributed by atoms with Gasteiger partial charge in [-0.3, -0.25) is 14.8 Å². The lowest BCUT2D eigenvalue weighted by atomic mass is 9.85. The number of hydroxylamine groups is 1. The fraction of sp³-hybridized carbons (Fsp3) is 0.609. The Morgan fingerprint density at radius 3 is 2.39 bits per heavy atom. The molecule has 0 bridgehead atoms. The number of urea groups is 1. The van der Waals surface area contributed by atoms with Gasteiger partial charge >= 0.3 is 6.03 Å². The van der Waals surface area contributed by atoms with E-state index in [0.717, 1.165) is 37.7 Å². The van der Waals surface area contributed by atoms with Gasteiger partial charge < -0.3 is 15.5 Å². The van der Waals surface area contributed by atoms with Crippen molar-refractivity contribution in [3.8, 4) is 0 Å². The molecule has 1 saturated carbocycles. The number of para-hydroxylation sites is 1. The van der Waals surface area contributed by atoms with Gasteiger partial charge in [-0.1, -0.05) is 58.7 Å². The number of carbonyl (C=O) groups is 3. The molecule has 1 aliphatic carbocycles. The summed E-state index contributed by atoms with van der Waals surface area (Å²) in [5, 5.41) is 14.6. The van der Waals surface area contributed by atoms with Gasteiger partial charge in [0.05, 0.1) is 0 Å². The average molecular weight is 433 g/mol. The predicted molar refractivity (Wildman–Crippen MR) is 120 cm³/mol. The maximum absolute atomic E-state index is 13.5. The van der Waals surface area contributed by atoms with Crippen LogP contribution in [0.15, 0.2) is 24.3 Å². The summed E-state index contributed by atoms with van der Waals surface area (Å²) in [6, 6.07) is 6.22. The number of benzene rings is 1. The van der Waals surface area contributed by atoms with E-state index in [2.05, 4.69) is 10.6 Å². The van der Waals surface area contributed by atoms with Crippen LogP contribution in [-0.2, 0) is 16.0 Å². The number of amides is 4. The van der Waals surface area contributed by atoms with Crippen LogP contribution < -0.4 is 16.1 Å². The number of rotatable bonds is 8. The Morgan fingerprint density at radius 2 is 1.81 bits per heavy atom. The van der Waals surface area contributed by atoms with Crippen molar-refractivity contribution >= 4 is 23.5 Å². The maximum atomic E-state index is 13.5. The minimum absolute atomic E-state index is 0.250. The smallest absolute Gasteiger partial charge is 0.319 e. The summed E-state index contributed by atoms with van der Waals surface area (Å²) in [5.41, 5.74) is 2.72. The summed E-state index contributed by atoms with van der Waals surface area (Å²) >= 11 is 0. The van der Waals surface area contributed by atoms with Crippen LogP contribution in [0.25, 0.3) is 0 Å². The maximum Gasteiger partial charge on any atom is 0.319 e. The molecule has 0 heterocycles. The molecule has 1 atom stereocenters. The third-order valence-corrected chi connectivity index (χ3v) is 5.76. The average Bonchev–Trinajstić information content (AvgIpc) is 3.23. The van der Waals surface area contributed by atoms with E-state index in [1.807, 2.05) is 52.0 Å². The summed E-state index contributed by atoms with van der Waals surface area (Å²) < 4.78 is 0. The molecule has 1 fully saturated rings. The molecule has 0 saturated heterocycles. The van der Waals surface area contributed by atoms with Gasteiger partial charge in [0.1, 0.15) is 12.6 Å². The Bertz CT molecular complexity index is 769. The molecular weight excluding hydrogens is 396 g/mol. The topological polar surface area (TPSA) is 111 Å². The molecule has 1 aromatic carbocycles. The Morgan fingerprint density at radius 1 is 1.16 bits per heavy atom. The van der Waals surface area contributed by atoms with E-state index < -0.39 is 23.4 Å². The Balaban J connectivity index is 2.18. The zero-order valence-corrected chi connectivity index (χ0v) is 19.0. The highest BCUT2D eigenvalue weighted by molar-refractivity contribution is 5.95. The van der Waals surface area contributed by atoms with E-state index in [-0.39, 0.29) is 12.5 Å². The molecule has 1 aromatic rings. The fourth-order valence-electron chi connectivity index (χ4n) is 4.02. The summed E-state index contributed by atoms with van der Waals surface area (Å²) in [7, 11) is 0. The van der Waals surface area contributed by atoms with Crippen LogP contribution in [0.5, 0.6) is 0 Å². The van der Waals surface area contributed by atoms with E-state index in [1.165, 1.54) is 4.90 Å². The highest BCUT2D eigenvalue weighted by Gasteiger charge is 2.37. The van der Waals surface area contributed by atoms with Gasteiger partial charge in [-0.15, -0.1) is 0 Å². The lowest BCUT2D eigenvalue weighted by Gasteiger charge is -2.35. The lowest BCUT2D eigenvalue weighted by Crippen LogP contribution is -2.57. The molecule has 0 aliphatic heterocycles. The van der Waals surface area contributed by atoms with E-state index >= 15 is 0 Å². The number of hydrogen-bond acceptors (Lipinski definition) is 4. The van der Waals surface area contributed by atoms with Crippen LogP contribution in [0, 0.1) is 11.3 Å². The molecule has 4 N–H and O–H groups in total. The normalized spacial score (nSPS) is 15.3. The van der Waals surface area contributed by atoms with Crippen molar-refractivity contribution in [3.63, 3.8) is 0 Å². The molecule has 1 unspecified atom stereocenters. The van der Waals surface area contributed by atoms with Crippen LogP contribution in [0.3, 0.4) is 0 Å². The molecule has 172 valence electrons. The van der Waals surface area contributed by atoms with Gasteiger partial charge in [0, 0.05) is 12.2 Å². The Hall–Kier alpha value is -2.61. The van der Waals surface area contributed by atoms with Crippen molar-refractivity contribution in [2.75, 3.05) is 18.4 Å². The van der Waals surface area contributed by atoms with Crippen LogP contribution in [0.1, 0.15) is 58.9 Å². The second-order valence-corrected chi connectivity index (χ2v) is 9.31. The molecular formula is C23H36N4O4. The summed E-state index contributed by atoms with van der Waals surface area (Å²) in [5.74, 6) is -0.663. The number of aryl methyl sites for hydroxylation is 1. The lowest BCUT2D eigenvalue weighted by molar-refractivity contribution is -0.142. The van der Waals surface area contributed by atoms with Crippen LogP contribution in [-0.4, -0.2) is 47.1 Å². The highest BCUT2D eigenvalue weighted by atomic mass is 16.5. The summed E-state index contributed by atoms with van der Waals surface area (Å²) in [6.07, 6.45) is 5.00. The third-order valence-electron chi connectivity index (χ3n) is 5.76. The second-order valence-electron chi connectivity index (χ2n) is 9.31. The molecule has 1 aliphatic rings. The SMILES string of the molecule is CCc1ccccc1NC(=O)NC(C(=O)N(CC(=O)NO)CC1CCCC1)C(C)(C)C. The van der Waals surface area contributed by atoms with E-state index in [0.29, 0.717) is 18.2 Å². The van der Waals surface area contributed by atoms with Crippen molar-refractivity contribution in [1.82, 2.24) is 15.7 Å². The van der Waals surface area contributed by atoms with Gasteiger partial charge in [-0.05, 0) is 42.2 Å². The zero-order valence-electron chi connectivity index (χ0n) is 19.0. The second kappa shape index (κ2) is 11.1. The van der Waals surface area contributed by atoms with Crippen molar-refractivity contribution in [2.24, 2.45) is 11.3 Å². The van der Waals surface area contributed by atoms with E-state index in [1.54, 1.807) is 5.48 Å². The van der Waals surface area contributed by atoms with E-state index in [4.69, 9.17) is 5.21 Å². The molecule has 0 spiro atoms. The molecule has 0 radical (unpaired) electrons. The third kappa shape index (κ3) is 7.24. The number of nitrogens with zero attached hydrogens (tertiary/aromatic N) is 1. The summed E-state index contributed by atoms with van der Waals surface area (Å²) in [6.45, 7) is 7.80. The van der Waals surface area contributed by atoms with Gasteiger partial charge in [0.25, 0.3) is 5.91 Å². The standard InChI is InChI=1S/C23H36N4O4/c1-5-17-12-8-9-13-18(17)24-22(30)25-20(23(2,3)4)21(29)27(15-19(28)26-31)14-16-10-6-7-11-16/h8-9,12-13,16,20,31H,5-7,10-11,14-15H2,1-4H3,(H,26,28)(H2,24,25,30). The summed E-state index contributed by atoms with van der Waals surface area (Å²) in [4.78, 5) is 39.5. The minimum atomic E-state index is -0.839. The van der Waals surface area contributed by atoms with Crippen molar-refractivity contribution in [1.29, 1.82) is 0 Å². The predicted octanol–water partition coefficient (Wildman–Crippen LogP) is 3.31. The van der Waals surface area contributed by atoms with Crippen LogP contribution >= 0.6 is 0 Å². The monoisotopic (exact) mass is 432 g/mol. The first-order valence-corrected chi connectivity index (χ1v) is 11.0. The molecule has 0 aromatic heterocycles. The quantitative estimate of drug-likeness (QED) is 0.373. The zero-order chi connectivity index (χ0) is 23.0. The minimum Gasteiger partial charge on any atom is -0.331 e. The molecule has 31 heavy (non-hydrogen) atoms. The fourth-order valence-corrected chi connectivity index (χ4v) is 4.02. The van der Waals surface area contributed by atoms with Gasteiger partial charge in [0.2, 0.25) is 5.91 Å². The van der Waals surface area contributed by atoms with Gasteiger partial charge in [0.15, 0.2) is 0 Å². The number of nitrogens with one attached hydrogen (secondary N) is 3. The van der Waals surface area contributed by atoms with Gasteiger partial charge in [-0.2, -0.15) is 0 Å². The van der Waals surface area contributed by atoms with Crippen LogP contribution in [0.4, 0.5) is 10.5 Å². The molecule has 4 amide bonds. The largest absolute Gasteiger partial charge is 0.331 e. The molecule has 8 heteroatoms. The number of hydrogen-bond donors (Lipinski definition) is 4. The first-order chi connectivity index (χ1) is 14.7. The van der Waals surface area contributed by atoms with Gasteiger partial charge in [-0.25, -0.2) is 10.3 Å². The number of carbonyl (C=O) groups excluding carboxylic acids is 3. The van der Waals surface area contributed by atoms with Crippen molar-refractivity contribution in [3.05, 3.63) is 29.8 Å².